The van der Waals surface area contributed by atoms with Gasteiger partial charge in [-0.2, -0.15) is 5.11 Å². The van der Waals surface area contributed by atoms with E-state index in [-0.39, 0.29) is 5.70 Å². The van der Waals surface area contributed by atoms with E-state index in [2.05, 4.69) is 10.2 Å². The molecule has 118 valence electrons. The lowest BCUT2D eigenvalue weighted by Crippen LogP contribution is -2.46. The van der Waals surface area contributed by atoms with Crippen LogP contribution in [0.1, 0.15) is 6.42 Å². The van der Waals surface area contributed by atoms with Crippen molar-refractivity contribution in [2.45, 2.75) is 12.1 Å². The van der Waals surface area contributed by atoms with Gasteiger partial charge in [0.05, 0.1) is 16.7 Å². The van der Waals surface area contributed by atoms with Crippen LogP contribution >= 0.6 is 0 Å². The van der Waals surface area contributed by atoms with Gasteiger partial charge in [-0.1, -0.05) is 18.2 Å². The minimum atomic E-state index is -2.77. The van der Waals surface area contributed by atoms with Crippen molar-refractivity contribution in [1.29, 1.82) is 0 Å². The minimum absolute atomic E-state index is 0.266. The van der Waals surface area contributed by atoms with Crippen LogP contribution in [-0.2, 0) is 0 Å². The summed E-state index contributed by atoms with van der Waals surface area (Å²) in [6, 6.07) is 8.29. The smallest absolute Gasteiger partial charge is 0.259 e. The van der Waals surface area contributed by atoms with Crippen LogP contribution in [0, 0.1) is 30.3 Å². The molecule has 0 amide bonds. The Bertz CT molecular complexity index is 740. The number of nitrogens with zero attached hydrogens (tertiary/aromatic N) is 5. The van der Waals surface area contributed by atoms with Gasteiger partial charge in [-0.05, 0) is 18.2 Å². The minimum Gasteiger partial charge on any atom is -0.259 e. The molecular formula is C12H9N5O6. The predicted molar refractivity (Wildman–Crippen MR) is 75.5 cm³/mol. The Morgan fingerprint density at radius 1 is 0.957 bits per heavy atom. The maximum atomic E-state index is 11.1. The van der Waals surface area contributed by atoms with E-state index in [1.807, 2.05) is 0 Å². The number of azo groups is 1. The number of rotatable bonds is 5. The van der Waals surface area contributed by atoms with Crippen molar-refractivity contribution in [2.24, 2.45) is 10.2 Å². The van der Waals surface area contributed by atoms with Crippen molar-refractivity contribution in [3.63, 3.8) is 0 Å². The largest absolute Gasteiger partial charge is 0.488 e. The lowest BCUT2D eigenvalue weighted by atomic mass is 9.98. The third-order valence-corrected chi connectivity index (χ3v) is 3.11. The maximum Gasteiger partial charge on any atom is 0.488 e. The van der Waals surface area contributed by atoms with E-state index in [0.717, 1.165) is 6.08 Å². The van der Waals surface area contributed by atoms with E-state index in [0.29, 0.717) is 11.8 Å². The van der Waals surface area contributed by atoms with Crippen molar-refractivity contribution in [3.8, 4) is 0 Å². The zero-order valence-corrected chi connectivity index (χ0v) is 11.4. The van der Waals surface area contributed by atoms with Gasteiger partial charge in [0.1, 0.15) is 9.85 Å². The molecule has 0 heterocycles. The molecule has 0 saturated heterocycles. The van der Waals surface area contributed by atoms with Crippen LogP contribution in [0.15, 0.2) is 64.1 Å². The molecule has 0 fully saturated rings. The quantitative estimate of drug-likeness (QED) is 0.351. The van der Waals surface area contributed by atoms with E-state index < -0.39 is 32.6 Å². The molecule has 1 aliphatic carbocycles. The average molecular weight is 319 g/mol. The summed E-state index contributed by atoms with van der Waals surface area (Å²) in [5.74, 6) is 0. The standard InChI is InChI=1S/C12H9N5O6/c18-15(19)11-8-12(16(20)21,17(22)23)7-6-10(11)14-13-9-4-2-1-3-5-9/h1-7H,8H2. The molecular weight excluding hydrogens is 310 g/mol. The molecule has 0 radical (unpaired) electrons. The molecule has 23 heavy (non-hydrogen) atoms. The molecule has 0 saturated carbocycles. The van der Waals surface area contributed by atoms with Gasteiger partial charge in [0.25, 0.3) is 5.70 Å². The Hall–Kier alpha value is -3.50. The van der Waals surface area contributed by atoms with Crippen LogP contribution < -0.4 is 0 Å². The van der Waals surface area contributed by atoms with Gasteiger partial charge in [0, 0.05) is 0 Å². The van der Waals surface area contributed by atoms with Gasteiger partial charge in [-0.15, -0.1) is 5.11 Å². The zero-order chi connectivity index (χ0) is 17.0. The molecule has 0 bridgehead atoms. The average Bonchev–Trinajstić information content (AvgIpc) is 2.53. The lowest BCUT2D eigenvalue weighted by molar-refractivity contribution is -0.782. The van der Waals surface area contributed by atoms with Crippen LogP contribution in [0.5, 0.6) is 0 Å². The van der Waals surface area contributed by atoms with Crippen LogP contribution in [0.4, 0.5) is 5.69 Å². The first-order chi connectivity index (χ1) is 10.9. The molecule has 0 aliphatic heterocycles. The van der Waals surface area contributed by atoms with Crippen molar-refractivity contribution < 1.29 is 14.8 Å². The molecule has 0 atom stereocenters. The summed E-state index contributed by atoms with van der Waals surface area (Å²) < 4.78 is 0. The molecule has 2 rings (SSSR count). The number of benzene rings is 1. The lowest BCUT2D eigenvalue weighted by Gasteiger charge is -2.15. The molecule has 1 aliphatic rings. The summed E-state index contributed by atoms with van der Waals surface area (Å²) >= 11 is 0. The summed E-state index contributed by atoms with van der Waals surface area (Å²) in [6.07, 6.45) is 0.540. The van der Waals surface area contributed by atoms with Gasteiger partial charge in [-0.3, -0.25) is 30.3 Å². The van der Waals surface area contributed by atoms with Crippen LogP contribution in [0.25, 0.3) is 0 Å². The monoisotopic (exact) mass is 319 g/mol. The molecule has 1 aromatic carbocycles. The van der Waals surface area contributed by atoms with Gasteiger partial charge >= 0.3 is 5.66 Å². The Kier molecular flexibility index (Phi) is 4.21. The van der Waals surface area contributed by atoms with Crippen molar-refractivity contribution in [1.82, 2.24) is 0 Å². The highest BCUT2D eigenvalue weighted by atomic mass is 16.7. The fourth-order valence-electron chi connectivity index (χ4n) is 1.88. The van der Waals surface area contributed by atoms with Crippen molar-refractivity contribution >= 4 is 5.69 Å². The van der Waals surface area contributed by atoms with E-state index in [9.17, 15) is 30.3 Å². The van der Waals surface area contributed by atoms with Crippen LogP contribution in [0.2, 0.25) is 0 Å². The van der Waals surface area contributed by atoms with Crippen LogP contribution in [-0.4, -0.2) is 20.4 Å². The van der Waals surface area contributed by atoms with Crippen molar-refractivity contribution in [3.05, 3.63) is 84.2 Å². The van der Waals surface area contributed by atoms with E-state index in [4.69, 9.17) is 0 Å². The Morgan fingerprint density at radius 2 is 1.57 bits per heavy atom. The number of nitro groups is 3. The van der Waals surface area contributed by atoms with Gasteiger partial charge in [-0.25, -0.2) is 0 Å². The molecule has 1 aromatic rings. The predicted octanol–water partition coefficient (Wildman–Crippen LogP) is 2.47. The topological polar surface area (TPSA) is 154 Å². The molecule has 0 unspecified atom stereocenters. The van der Waals surface area contributed by atoms with E-state index >= 15 is 0 Å². The molecule has 0 aromatic heterocycles. The SMILES string of the molecule is O=[N+]([O-])C1=C(N=Nc2ccccc2)C=CC([N+](=O)[O-])([N+](=O)[O-])C1. The Morgan fingerprint density at radius 3 is 2.09 bits per heavy atom. The first-order valence-corrected chi connectivity index (χ1v) is 6.19. The Balaban J connectivity index is 2.41. The number of hydrogen-bond donors (Lipinski definition) is 0. The third-order valence-electron chi connectivity index (χ3n) is 3.11. The molecule has 0 spiro atoms. The highest BCUT2D eigenvalue weighted by molar-refractivity contribution is 5.36. The van der Waals surface area contributed by atoms with Gasteiger partial charge < -0.3 is 0 Å². The molecule has 0 N–H and O–H groups in total. The first-order valence-electron chi connectivity index (χ1n) is 6.19. The van der Waals surface area contributed by atoms with E-state index in [1.165, 1.54) is 0 Å². The number of allylic oxidation sites excluding steroid dienone is 1. The van der Waals surface area contributed by atoms with Gasteiger partial charge in [0.15, 0.2) is 12.1 Å². The van der Waals surface area contributed by atoms with Crippen molar-refractivity contribution in [2.75, 3.05) is 0 Å². The third kappa shape index (κ3) is 3.07. The summed E-state index contributed by atoms with van der Waals surface area (Å²) in [4.78, 5) is 29.8. The van der Waals surface area contributed by atoms with E-state index in [1.54, 1.807) is 30.3 Å². The second-order valence-corrected chi connectivity index (χ2v) is 4.53. The maximum absolute atomic E-state index is 11.1. The molecule has 11 nitrogen and oxygen atoms in total. The first kappa shape index (κ1) is 15.9. The normalized spacial score (nSPS) is 16.5. The fraction of sp³-hybridized carbons (Fsp3) is 0.167. The van der Waals surface area contributed by atoms with Gasteiger partial charge in [0.2, 0.25) is 0 Å². The molecule has 11 heteroatoms. The summed E-state index contributed by atoms with van der Waals surface area (Å²) in [5, 5.41) is 40.5. The fourth-order valence-corrected chi connectivity index (χ4v) is 1.88. The highest BCUT2D eigenvalue weighted by Gasteiger charge is 2.59. The second kappa shape index (κ2) is 6.09. The zero-order valence-electron chi connectivity index (χ0n) is 11.4. The summed E-state index contributed by atoms with van der Waals surface area (Å²) in [5.41, 5.74) is -3.36. The van der Waals surface area contributed by atoms with Crippen LogP contribution in [0.3, 0.4) is 0 Å². The second-order valence-electron chi connectivity index (χ2n) is 4.53. The summed E-state index contributed by atoms with van der Waals surface area (Å²) in [7, 11) is 0. The number of hydrogen-bond acceptors (Lipinski definition) is 8. The summed E-state index contributed by atoms with van der Waals surface area (Å²) in [6.45, 7) is 0. The Labute approximate surface area is 128 Å². The highest BCUT2D eigenvalue weighted by Crippen LogP contribution is 2.31.